The normalized spacial score (nSPS) is 26.1. The molecule has 1 fully saturated rings. The maximum Gasteiger partial charge on any atom is 0.124 e. The summed E-state index contributed by atoms with van der Waals surface area (Å²) in [4.78, 5) is 2.52. The number of nitrogens with zero attached hydrogens (tertiary/aromatic N) is 1. The van der Waals surface area contributed by atoms with E-state index in [4.69, 9.17) is 10.5 Å². The van der Waals surface area contributed by atoms with Crippen LogP contribution in [0.4, 0.5) is 0 Å². The van der Waals surface area contributed by atoms with E-state index in [1.807, 2.05) is 13.0 Å². The van der Waals surface area contributed by atoms with Gasteiger partial charge in [0.2, 0.25) is 0 Å². The summed E-state index contributed by atoms with van der Waals surface area (Å²) < 4.78 is 5.75. The molecule has 1 aromatic carbocycles. The lowest BCUT2D eigenvalue weighted by molar-refractivity contribution is 0.122. The van der Waals surface area contributed by atoms with Crippen molar-refractivity contribution < 1.29 is 4.74 Å². The van der Waals surface area contributed by atoms with Gasteiger partial charge < -0.3 is 10.5 Å². The Morgan fingerprint density at radius 3 is 2.84 bits per heavy atom. The second kappa shape index (κ2) is 6.40. The first kappa shape index (κ1) is 14.4. The van der Waals surface area contributed by atoms with Crippen LogP contribution in [0.1, 0.15) is 38.8 Å². The number of likely N-dealkylation sites (tertiary alicyclic amines) is 1. The van der Waals surface area contributed by atoms with Crippen LogP contribution in [0, 0.1) is 5.92 Å². The minimum absolute atomic E-state index is 0.352. The molecule has 3 unspecified atom stereocenters. The fourth-order valence-electron chi connectivity index (χ4n) is 2.86. The summed E-state index contributed by atoms with van der Waals surface area (Å²) in [5.74, 6) is 1.58. The van der Waals surface area contributed by atoms with Gasteiger partial charge in [-0.05, 0) is 32.3 Å². The summed E-state index contributed by atoms with van der Waals surface area (Å²) in [6.45, 7) is 9.41. The fraction of sp³-hybridized carbons (Fsp3) is 0.625. The lowest BCUT2D eigenvalue weighted by atomic mass is 9.92. The molecule has 0 saturated carbocycles. The number of piperidine rings is 1. The quantitative estimate of drug-likeness (QED) is 0.907. The summed E-state index contributed by atoms with van der Waals surface area (Å²) >= 11 is 0. The van der Waals surface area contributed by atoms with Crippen LogP contribution in [0.2, 0.25) is 0 Å². The van der Waals surface area contributed by atoms with E-state index in [0.29, 0.717) is 24.6 Å². The number of rotatable bonds is 4. The maximum absolute atomic E-state index is 6.11. The highest BCUT2D eigenvalue weighted by Crippen LogP contribution is 2.31. The van der Waals surface area contributed by atoms with Gasteiger partial charge in [-0.2, -0.15) is 0 Å². The van der Waals surface area contributed by atoms with Crippen molar-refractivity contribution in [2.75, 3.05) is 19.7 Å². The number of benzene rings is 1. The highest BCUT2D eigenvalue weighted by atomic mass is 16.5. The van der Waals surface area contributed by atoms with Crippen LogP contribution in [0.25, 0.3) is 0 Å². The Hall–Kier alpha value is -1.06. The number of nitrogens with two attached hydrogens (primary N) is 1. The fourth-order valence-corrected chi connectivity index (χ4v) is 2.86. The zero-order valence-electron chi connectivity index (χ0n) is 12.3. The SMILES string of the molecule is CCOc1ccccc1C(C)N1CCC(N)C(C)C1. The molecule has 106 valence electrons. The molecule has 19 heavy (non-hydrogen) atoms. The van der Waals surface area contributed by atoms with Crippen molar-refractivity contribution in [2.45, 2.75) is 39.3 Å². The minimum atomic E-state index is 0.352. The Labute approximate surface area is 116 Å². The molecule has 0 bridgehead atoms. The molecule has 1 aliphatic heterocycles. The van der Waals surface area contributed by atoms with E-state index in [0.717, 1.165) is 25.3 Å². The summed E-state index contributed by atoms with van der Waals surface area (Å²) in [5, 5.41) is 0. The molecule has 0 aliphatic carbocycles. The average Bonchev–Trinajstić information content (AvgIpc) is 2.42. The van der Waals surface area contributed by atoms with E-state index in [2.05, 4.69) is 36.9 Å². The second-order valence-corrected chi connectivity index (χ2v) is 5.57. The van der Waals surface area contributed by atoms with Crippen LogP contribution in [0.5, 0.6) is 5.75 Å². The third kappa shape index (κ3) is 3.28. The molecule has 0 aromatic heterocycles. The van der Waals surface area contributed by atoms with Crippen molar-refractivity contribution in [1.29, 1.82) is 0 Å². The van der Waals surface area contributed by atoms with Gasteiger partial charge in [-0.15, -0.1) is 0 Å². The molecule has 3 nitrogen and oxygen atoms in total. The van der Waals surface area contributed by atoms with Crippen molar-refractivity contribution in [2.24, 2.45) is 11.7 Å². The second-order valence-electron chi connectivity index (χ2n) is 5.57. The van der Waals surface area contributed by atoms with Gasteiger partial charge in [0.05, 0.1) is 6.61 Å². The van der Waals surface area contributed by atoms with Crippen molar-refractivity contribution in [3.05, 3.63) is 29.8 Å². The molecular formula is C16H26N2O. The monoisotopic (exact) mass is 262 g/mol. The molecule has 2 N–H and O–H groups in total. The minimum Gasteiger partial charge on any atom is -0.494 e. The lowest BCUT2D eigenvalue weighted by Gasteiger charge is -2.39. The first-order valence-electron chi connectivity index (χ1n) is 7.34. The summed E-state index contributed by atoms with van der Waals surface area (Å²) in [6.07, 6.45) is 1.09. The molecule has 3 atom stereocenters. The van der Waals surface area contributed by atoms with Gasteiger partial charge in [-0.3, -0.25) is 4.90 Å². The van der Waals surface area contributed by atoms with Gasteiger partial charge in [0, 0.05) is 30.7 Å². The van der Waals surface area contributed by atoms with Crippen molar-refractivity contribution in [1.82, 2.24) is 4.90 Å². The lowest BCUT2D eigenvalue weighted by Crippen LogP contribution is -2.46. The predicted molar refractivity (Wildman–Crippen MR) is 79.4 cm³/mol. The highest BCUT2D eigenvalue weighted by molar-refractivity contribution is 5.35. The predicted octanol–water partition coefficient (Wildman–Crippen LogP) is 2.82. The van der Waals surface area contributed by atoms with Gasteiger partial charge in [0.15, 0.2) is 0 Å². The first-order valence-corrected chi connectivity index (χ1v) is 7.34. The van der Waals surface area contributed by atoms with E-state index < -0.39 is 0 Å². The Morgan fingerprint density at radius 1 is 1.42 bits per heavy atom. The van der Waals surface area contributed by atoms with Crippen molar-refractivity contribution in [3.63, 3.8) is 0 Å². The largest absolute Gasteiger partial charge is 0.494 e. The number of hydrogen-bond donors (Lipinski definition) is 1. The molecule has 1 heterocycles. The van der Waals surface area contributed by atoms with Crippen molar-refractivity contribution >= 4 is 0 Å². The van der Waals surface area contributed by atoms with E-state index in [9.17, 15) is 0 Å². The van der Waals surface area contributed by atoms with E-state index in [1.165, 1.54) is 5.56 Å². The topological polar surface area (TPSA) is 38.5 Å². The van der Waals surface area contributed by atoms with Gasteiger partial charge in [-0.25, -0.2) is 0 Å². The van der Waals surface area contributed by atoms with Gasteiger partial charge in [0.1, 0.15) is 5.75 Å². The van der Waals surface area contributed by atoms with E-state index >= 15 is 0 Å². The summed E-state index contributed by atoms with van der Waals surface area (Å²) in [5.41, 5.74) is 7.39. The standard InChI is InChI=1S/C16H26N2O/c1-4-19-16-8-6-5-7-14(16)13(3)18-10-9-15(17)12(2)11-18/h5-8,12-13,15H,4,9-11,17H2,1-3H3. The zero-order chi connectivity index (χ0) is 13.8. The Kier molecular flexibility index (Phi) is 4.83. The molecule has 0 radical (unpaired) electrons. The zero-order valence-corrected chi connectivity index (χ0v) is 12.3. The van der Waals surface area contributed by atoms with Crippen LogP contribution in [-0.2, 0) is 0 Å². The molecule has 0 spiro atoms. The third-order valence-corrected chi connectivity index (χ3v) is 4.22. The Bertz CT molecular complexity index is 407. The third-order valence-electron chi connectivity index (χ3n) is 4.22. The van der Waals surface area contributed by atoms with Gasteiger partial charge >= 0.3 is 0 Å². The number of para-hydroxylation sites is 1. The highest BCUT2D eigenvalue weighted by Gasteiger charge is 2.27. The van der Waals surface area contributed by atoms with Crippen LogP contribution in [0.3, 0.4) is 0 Å². The first-order chi connectivity index (χ1) is 9.13. The Balaban J connectivity index is 2.13. The smallest absolute Gasteiger partial charge is 0.124 e. The van der Waals surface area contributed by atoms with E-state index in [1.54, 1.807) is 0 Å². The average molecular weight is 262 g/mol. The number of ether oxygens (including phenoxy) is 1. The summed E-state index contributed by atoms with van der Waals surface area (Å²) in [6, 6.07) is 9.11. The molecule has 0 amide bonds. The van der Waals surface area contributed by atoms with Crippen LogP contribution < -0.4 is 10.5 Å². The molecule has 1 aromatic rings. The molecule has 3 heteroatoms. The van der Waals surface area contributed by atoms with Crippen LogP contribution >= 0.6 is 0 Å². The molecule has 1 aliphatic rings. The van der Waals surface area contributed by atoms with Crippen LogP contribution in [0.15, 0.2) is 24.3 Å². The van der Waals surface area contributed by atoms with Crippen LogP contribution in [-0.4, -0.2) is 30.6 Å². The van der Waals surface area contributed by atoms with Gasteiger partial charge in [0.25, 0.3) is 0 Å². The summed E-state index contributed by atoms with van der Waals surface area (Å²) in [7, 11) is 0. The van der Waals surface area contributed by atoms with Gasteiger partial charge in [-0.1, -0.05) is 25.1 Å². The van der Waals surface area contributed by atoms with E-state index in [-0.39, 0.29) is 0 Å². The molecule has 1 saturated heterocycles. The molecule has 2 rings (SSSR count). The maximum atomic E-state index is 6.11. The molecular weight excluding hydrogens is 236 g/mol. The number of hydrogen-bond acceptors (Lipinski definition) is 3. The Morgan fingerprint density at radius 2 is 2.16 bits per heavy atom. The van der Waals surface area contributed by atoms with Crippen molar-refractivity contribution in [3.8, 4) is 5.75 Å².